The van der Waals surface area contributed by atoms with Gasteiger partial charge in [0.25, 0.3) is 0 Å². The third-order valence-electron chi connectivity index (χ3n) is 2.39. The summed E-state index contributed by atoms with van der Waals surface area (Å²) < 4.78 is 0. The number of aromatic nitrogens is 2. The quantitative estimate of drug-likeness (QED) is 0.719. The van der Waals surface area contributed by atoms with Gasteiger partial charge in [-0.15, -0.1) is 0 Å². The number of nitrogens with zero attached hydrogens (tertiary/aromatic N) is 2. The number of carbonyl (C=O) groups is 1. The van der Waals surface area contributed by atoms with Gasteiger partial charge in [-0.25, -0.2) is 9.97 Å². The van der Waals surface area contributed by atoms with Crippen molar-refractivity contribution in [3.05, 3.63) is 47.9 Å². The molecule has 3 heteroatoms. The molecule has 0 fully saturated rings. The van der Waals surface area contributed by atoms with E-state index in [0.717, 1.165) is 17.0 Å². The summed E-state index contributed by atoms with van der Waals surface area (Å²) in [4.78, 5) is 19.7. The Kier molecular flexibility index (Phi) is 2.77. The third kappa shape index (κ3) is 1.98. The van der Waals surface area contributed by atoms with Crippen LogP contribution >= 0.6 is 0 Å². The molecule has 0 unspecified atom stereocenters. The number of aryl methyl sites for hydroxylation is 1. The molecule has 0 aliphatic rings. The number of Topliss-reactive ketones (excluding diaryl/α,β-unsaturated/α-hetero) is 1. The van der Waals surface area contributed by atoms with Gasteiger partial charge in [-0.3, -0.25) is 4.79 Å². The molecule has 0 radical (unpaired) electrons. The summed E-state index contributed by atoms with van der Waals surface area (Å²) in [6.45, 7) is 3.47. The molecule has 0 amide bonds. The first-order chi connectivity index (χ1) is 7.68. The molecule has 0 bridgehead atoms. The molecule has 0 N–H and O–H groups in total. The average Bonchev–Trinajstić information content (AvgIpc) is 2.29. The van der Waals surface area contributed by atoms with Gasteiger partial charge < -0.3 is 0 Å². The predicted molar refractivity (Wildman–Crippen MR) is 62.2 cm³/mol. The van der Waals surface area contributed by atoms with Gasteiger partial charge in [-0.05, 0) is 19.9 Å². The smallest absolute Gasteiger partial charge is 0.160 e. The molecule has 0 aliphatic heterocycles. The van der Waals surface area contributed by atoms with Crippen molar-refractivity contribution in [1.82, 2.24) is 9.97 Å². The van der Waals surface area contributed by atoms with Crippen LogP contribution in [0.2, 0.25) is 0 Å². The van der Waals surface area contributed by atoms with Gasteiger partial charge in [0.1, 0.15) is 6.33 Å². The Hall–Kier alpha value is -2.03. The van der Waals surface area contributed by atoms with Crippen molar-refractivity contribution in [2.75, 3.05) is 0 Å². The van der Waals surface area contributed by atoms with Crippen molar-refractivity contribution in [1.29, 1.82) is 0 Å². The zero-order valence-electron chi connectivity index (χ0n) is 9.27. The standard InChI is InChI=1S/C13H12N2O/c1-9-7-13(15-8-14-9)12-6-4-3-5-11(12)10(2)16/h3-8H,1-2H3. The van der Waals surface area contributed by atoms with E-state index in [-0.39, 0.29) is 5.78 Å². The van der Waals surface area contributed by atoms with Crippen LogP contribution in [0, 0.1) is 6.92 Å². The van der Waals surface area contributed by atoms with Crippen molar-refractivity contribution < 1.29 is 4.79 Å². The number of ketones is 1. The summed E-state index contributed by atoms with van der Waals surface area (Å²) in [5.74, 6) is 0.0480. The molecule has 0 atom stereocenters. The van der Waals surface area contributed by atoms with E-state index >= 15 is 0 Å². The van der Waals surface area contributed by atoms with Crippen molar-refractivity contribution in [3.63, 3.8) is 0 Å². The largest absolute Gasteiger partial charge is 0.294 e. The van der Waals surface area contributed by atoms with Crippen LogP contribution < -0.4 is 0 Å². The Morgan fingerprint density at radius 3 is 2.62 bits per heavy atom. The third-order valence-corrected chi connectivity index (χ3v) is 2.39. The Labute approximate surface area is 94.2 Å². The number of rotatable bonds is 2. The fraction of sp³-hybridized carbons (Fsp3) is 0.154. The summed E-state index contributed by atoms with van der Waals surface area (Å²) >= 11 is 0. The molecule has 0 aliphatic carbocycles. The lowest BCUT2D eigenvalue weighted by Crippen LogP contribution is -1.97. The van der Waals surface area contributed by atoms with Gasteiger partial charge in [0.05, 0.1) is 5.69 Å². The van der Waals surface area contributed by atoms with Crippen LogP contribution in [0.1, 0.15) is 23.0 Å². The predicted octanol–water partition coefficient (Wildman–Crippen LogP) is 2.65. The van der Waals surface area contributed by atoms with E-state index in [0.29, 0.717) is 5.56 Å². The van der Waals surface area contributed by atoms with Crippen LogP contribution in [0.4, 0.5) is 0 Å². The zero-order valence-corrected chi connectivity index (χ0v) is 9.27. The van der Waals surface area contributed by atoms with Crippen LogP contribution in [-0.4, -0.2) is 15.8 Å². The SMILES string of the molecule is CC(=O)c1ccccc1-c1cc(C)ncn1. The lowest BCUT2D eigenvalue weighted by atomic mass is 10.0. The molecular weight excluding hydrogens is 200 g/mol. The summed E-state index contributed by atoms with van der Waals surface area (Å²) in [5.41, 5.74) is 3.24. The lowest BCUT2D eigenvalue weighted by molar-refractivity contribution is 0.101. The lowest BCUT2D eigenvalue weighted by Gasteiger charge is -2.05. The summed E-state index contributed by atoms with van der Waals surface area (Å²) in [5, 5.41) is 0. The minimum atomic E-state index is 0.0480. The molecule has 2 rings (SSSR count). The van der Waals surface area contributed by atoms with Gasteiger partial charge in [-0.2, -0.15) is 0 Å². The van der Waals surface area contributed by atoms with Crippen LogP contribution in [-0.2, 0) is 0 Å². The molecule has 1 heterocycles. The minimum absolute atomic E-state index is 0.0480. The van der Waals surface area contributed by atoms with E-state index in [2.05, 4.69) is 9.97 Å². The first-order valence-electron chi connectivity index (χ1n) is 5.07. The van der Waals surface area contributed by atoms with Crippen LogP contribution in [0.25, 0.3) is 11.3 Å². The van der Waals surface area contributed by atoms with E-state index < -0.39 is 0 Å². The minimum Gasteiger partial charge on any atom is -0.294 e. The molecule has 3 nitrogen and oxygen atoms in total. The summed E-state index contributed by atoms with van der Waals surface area (Å²) in [7, 11) is 0. The van der Waals surface area contributed by atoms with Crippen molar-refractivity contribution >= 4 is 5.78 Å². The molecule has 0 saturated heterocycles. The first-order valence-corrected chi connectivity index (χ1v) is 5.07. The molecule has 80 valence electrons. The highest BCUT2D eigenvalue weighted by atomic mass is 16.1. The number of carbonyl (C=O) groups excluding carboxylic acids is 1. The Morgan fingerprint density at radius 1 is 1.19 bits per heavy atom. The van der Waals surface area contributed by atoms with Crippen LogP contribution in [0.15, 0.2) is 36.7 Å². The highest BCUT2D eigenvalue weighted by Crippen LogP contribution is 2.21. The second kappa shape index (κ2) is 4.23. The van der Waals surface area contributed by atoms with Crippen LogP contribution in [0.3, 0.4) is 0 Å². The zero-order chi connectivity index (χ0) is 11.5. The second-order valence-electron chi connectivity index (χ2n) is 3.65. The molecule has 2 aromatic rings. The van der Waals surface area contributed by atoms with Gasteiger partial charge in [-0.1, -0.05) is 24.3 Å². The summed E-state index contributed by atoms with van der Waals surface area (Å²) in [6, 6.07) is 9.35. The number of hydrogen-bond donors (Lipinski definition) is 0. The fourth-order valence-corrected chi connectivity index (χ4v) is 1.62. The van der Waals surface area contributed by atoms with Gasteiger partial charge in [0.15, 0.2) is 5.78 Å². The highest BCUT2D eigenvalue weighted by molar-refractivity contribution is 6.00. The van der Waals surface area contributed by atoms with E-state index in [9.17, 15) is 4.79 Å². The van der Waals surface area contributed by atoms with Gasteiger partial charge in [0.2, 0.25) is 0 Å². The maximum atomic E-state index is 11.5. The maximum absolute atomic E-state index is 11.5. The molecule has 0 saturated carbocycles. The second-order valence-corrected chi connectivity index (χ2v) is 3.65. The number of benzene rings is 1. The Balaban J connectivity index is 2.60. The molecule has 0 spiro atoms. The first kappa shape index (κ1) is 10.5. The molecular formula is C13H12N2O. The average molecular weight is 212 g/mol. The van der Waals surface area contributed by atoms with Crippen molar-refractivity contribution in [3.8, 4) is 11.3 Å². The highest BCUT2D eigenvalue weighted by Gasteiger charge is 2.09. The topological polar surface area (TPSA) is 42.9 Å². The Bertz CT molecular complexity index is 535. The van der Waals surface area contributed by atoms with Crippen LogP contribution in [0.5, 0.6) is 0 Å². The van der Waals surface area contributed by atoms with Gasteiger partial charge in [0, 0.05) is 16.8 Å². The number of hydrogen-bond acceptors (Lipinski definition) is 3. The molecule has 16 heavy (non-hydrogen) atoms. The van der Waals surface area contributed by atoms with Crippen molar-refractivity contribution in [2.24, 2.45) is 0 Å². The fourth-order valence-electron chi connectivity index (χ4n) is 1.62. The van der Waals surface area contributed by atoms with E-state index in [1.807, 2.05) is 37.3 Å². The normalized spacial score (nSPS) is 10.1. The Morgan fingerprint density at radius 2 is 1.94 bits per heavy atom. The maximum Gasteiger partial charge on any atom is 0.160 e. The molecule has 1 aromatic heterocycles. The van der Waals surface area contributed by atoms with E-state index in [4.69, 9.17) is 0 Å². The van der Waals surface area contributed by atoms with E-state index in [1.54, 1.807) is 6.92 Å². The van der Waals surface area contributed by atoms with E-state index in [1.165, 1.54) is 6.33 Å². The molecule has 1 aromatic carbocycles. The van der Waals surface area contributed by atoms with Gasteiger partial charge >= 0.3 is 0 Å². The van der Waals surface area contributed by atoms with Crippen molar-refractivity contribution in [2.45, 2.75) is 13.8 Å². The monoisotopic (exact) mass is 212 g/mol. The summed E-state index contributed by atoms with van der Waals surface area (Å²) in [6.07, 6.45) is 1.52.